The first-order chi connectivity index (χ1) is 13.0. The number of hydrogen-bond donors (Lipinski definition) is 1. The van der Waals surface area contributed by atoms with Gasteiger partial charge in [-0.05, 0) is 43.4 Å². The predicted molar refractivity (Wildman–Crippen MR) is 103 cm³/mol. The molecular weight excluding hydrogens is 364 g/mol. The van der Waals surface area contributed by atoms with Crippen LogP contribution in [0, 0.1) is 11.8 Å². The monoisotopic (exact) mass is 392 g/mol. The molecule has 2 aliphatic heterocycles. The number of methoxy groups -OCH3 is 1. The van der Waals surface area contributed by atoms with Gasteiger partial charge in [-0.25, -0.2) is 8.42 Å². The van der Waals surface area contributed by atoms with E-state index in [0.717, 1.165) is 24.2 Å². The largest absolute Gasteiger partial charge is 0.497 e. The summed E-state index contributed by atoms with van der Waals surface area (Å²) in [5.41, 5.74) is 1.13. The highest BCUT2D eigenvalue weighted by atomic mass is 32.2. The second-order valence-corrected chi connectivity index (χ2v) is 10.5. The summed E-state index contributed by atoms with van der Waals surface area (Å²) in [5.74, 6) is 0.731. The van der Waals surface area contributed by atoms with Gasteiger partial charge < -0.3 is 10.1 Å². The van der Waals surface area contributed by atoms with E-state index in [2.05, 4.69) is 10.2 Å². The normalized spacial score (nSPS) is 30.3. The van der Waals surface area contributed by atoms with E-state index in [4.69, 9.17) is 4.74 Å². The summed E-state index contributed by atoms with van der Waals surface area (Å²) in [6, 6.07) is 8.16. The quantitative estimate of drug-likeness (QED) is 0.824. The van der Waals surface area contributed by atoms with E-state index in [0.29, 0.717) is 32.1 Å². The molecule has 0 spiro atoms. The smallest absolute Gasteiger partial charge is 0.223 e. The molecule has 0 radical (unpaired) electrons. The third-order valence-electron chi connectivity index (χ3n) is 6.43. The van der Waals surface area contributed by atoms with Crippen molar-refractivity contribution in [3.63, 3.8) is 0 Å². The van der Waals surface area contributed by atoms with Crippen LogP contribution in [0.5, 0.6) is 5.75 Å². The van der Waals surface area contributed by atoms with Gasteiger partial charge >= 0.3 is 0 Å². The summed E-state index contributed by atoms with van der Waals surface area (Å²) in [6.45, 7) is 1.88. The van der Waals surface area contributed by atoms with Crippen LogP contribution in [-0.4, -0.2) is 56.5 Å². The van der Waals surface area contributed by atoms with Crippen molar-refractivity contribution < 1.29 is 17.9 Å². The Morgan fingerprint density at radius 1 is 1.19 bits per heavy atom. The van der Waals surface area contributed by atoms with Crippen molar-refractivity contribution in [3.05, 3.63) is 29.8 Å². The molecule has 3 atom stereocenters. The Morgan fingerprint density at radius 2 is 1.93 bits per heavy atom. The van der Waals surface area contributed by atoms with Crippen LogP contribution in [0.2, 0.25) is 0 Å². The molecule has 3 aliphatic rings. The molecule has 4 rings (SSSR count). The zero-order valence-electron chi connectivity index (χ0n) is 15.8. The Morgan fingerprint density at radius 3 is 2.56 bits per heavy atom. The Bertz CT molecular complexity index is 789. The Kier molecular flexibility index (Phi) is 5.16. The maximum absolute atomic E-state index is 12.8. The molecule has 0 aromatic heterocycles. The number of hydrogen-bond acceptors (Lipinski definition) is 5. The number of fused-ring (bicyclic) bond motifs is 1. The molecule has 1 aromatic carbocycles. The van der Waals surface area contributed by atoms with Crippen molar-refractivity contribution in [2.45, 2.75) is 43.5 Å². The van der Waals surface area contributed by atoms with Crippen molar-refractivity contribution in [2.75, 3.05) is 26.0 Å². The van der Waals surface area contributed by atoms with Crippen molar-refractivity contribution in [2.24, 2.45) is 11.8 Å². The standard InChI is InChI=1S/C20H28N2O4S/c1-26-16-7-5-14(6-8-16)11-22-12-18-17(20(23)21-15-3-2-4-15)9-10-27(24,25)19(18)13-22/h5-8,15,17-19H,2-4,9-13H2,1H3,(H,21,23)/t17-,18+,19+/m0/s1. The summed E-state index contributed by atoms with van der Waals surface area (Å²) in [7, 11) is -1.49. The fourth-order valence-electron chi connectivity index (χ4n) is 4.61. The molecule has 27 heavy (non-hydrogen) atoms. The van der Waals surface area contributed by atoms with Crippen LogP contribution >= 0.6 is 0 Å². The minimum absolute atomic E-state index is 0.0656. The molecule has 1 N–H and O–H groups in total. The highest BCUT2D eigenvalue weighted by molar-refractivity contribution is 7.92. The average Bonchev–Trinajstić information content (AvgIpc) is 3.04. The van der Waals surface area contributed by atoms with E-state index in [-0.39, 0.29) is 23.5 Å². The number of sulfone groups is 1. The molecule has 6 nitrogen and oxygen atoms in total. The number of nitrogens with zero attached hydrogens (tertiary/aromatic N) is 1. The van der Waals surface area contributed by atoms with Gasteiger partial charge in [0.05, 0.1) is 18.1 Å². The lowest BCUT2D eigenvalue weighted by Gasteiger charge is -2.34. The second-order valence-electron chi connectivity index (χ2n) is 8.14. The molecule has 1 amide bonds. The van der Waals surface area contributed by atoms with E-state index in [9.17, 15) is 13.2 Å². The van der Waals surface area contributed by atoms with E-state index < -0.39 is 15.1 Å². The number of carbonyl (C=O) groups is 1. The third kappa shape index (κ3) is 3.85. The van der Waals surface area contributed by atoms with Crippen LogP contribution in [-0.2, 0) is 21.2 Å². The molecule has 1 aliphatic carbocycles. The van der Waals surface area contributed by atoms with Gasteiger partial charge in [0, 0.05) is 37.5 Å². The van der Waals surface area contributed by atoms with Gasteiger partial charge in [-0.2, -0.15) is 0 Å². The summed E-state index contributed by atoms with van der Waals surface area (Å²) in [5, 5.41) is 2.72. The van der Waals surface area contributed by atoms with Gasteiger partial charge in [-0.3, -0.25) is 9.69 Å². The minimum Gasteiger partial charge on any atom is -0.497 e. The van der Waals surface area contributed by atoms with E-state index in [1.54, 1.807) is 7.11 Å². The lowest BCUT2D eigenvalue weighted by molar-refractivity contribution is -0.128. The molecular formula is C20H28N2O4S. The van der Waals surface area contributed by atoms with Crippen LogP contribution in [0.4, 0.5) is 0 Å². The molecule has 7 heteroatoms. The number of rotatable bonds is 5. The van der Waals surface area contributed by atoms with E-state index in [1.807, 2.05) is 24.3 Å². The van der Waals surface area contributed by atoms with Crippen LogP contribution < -0.4 is 10.1 Å². The molecule has 1 aromatic rings. The predicted octanol–water partition coefficient (Wildman–Crippen LogP) is 1.60. The second kappa shape index (κ2) is 7.43. The topological polar surface area (TPSA) is 75.7 Å². The zero-order chi connectivity index (χ0) is 19.0. The van der Waals surface area contributed by atoms with Crippen molar-refractivity contribution >= 4 is 15.7 Å². The van der Waals surface area contributed by atoms with Gasteiger partial charge in [0.2, 0.25) is 5.91 Å². The number of nitrogens with one attached hydrogen (secondary N) is 1. The first kappa shape index (κ1) is 18.7. The average molecular weight is 393 g/mol. The Labute approximate surface area is 161 Å². The number of likely N-dealkylation sites (tertiary alicyclic amines) is 1. The number of ether oxygens (including phenoxy) is 1. The molecule has 1 saturated carbocycles. The third-order valence-corrected chi connectivity index (χ3v) is 8.66. The van der Waals surface area contributed by atoms with Crippen LogP contribution in [0.1, 0.15) is 31.2 Å². The Balaban J connectivity index is 1.46. The number of carbonyl (C=O) groups excluding carboxylic acids is 1. The SMILES string of the molecule is COc1ccc(CN2C[C@@H]3[C@@H](C(=O)NC4CCC4)CCS(=O)(=O)[C@@H]3C2)cc1. The molecule has 0 bridgehead atoms. The highest BCUT2D eigenvalue weighted by Crippen LogP contribution is 2.38. The maximum Gasteiger partial charge on any atom is 0.223 e. The lowest BCUT2D eigenvalue weighted by atomic mass is 9.86. The van der Waals surface area contributed by atoms with Gasteiger partial charge in [0.15, 0.2) is 9.84 Å². The number of amides is 1. The zero-order valence-corrected chi connectivity index (χ0v) is 16.6. The molecule has 2 saturated heterocycles. The fraction of sp³-hybridized carbons (Fsp3) is 0.650. The van der Waals surface area contributed by atoms with Crippen molar-refractivity contribution in [1.82, 2.24) is 10.2 Å². The van der Waals surface area contributed by atoms with Crippen LogP contribution in [0.3, 0.4) is 0 Å². The van der Waals surface area contributed by atoms with Crippen molar-refractivity contribution in [1.29, 1.82) is 0 Å². The van der Waals surface area contributed by atoms with Crippen LogP contribution in [0.25, 0.3) is 0 Å². The summed E-state index contributed by atoms with van der Waals surface area (Å²) in [4.78, 5) is 14.9. The number of benzene rings is 1. The van der Waals surface area contributed by atoms with Crippen LogP contribution in [0.15, 0.2) is 24.3 Å². The van der Waals surface area contributed by atoms with Gasteiger partial charge in [-0.15, -0.1) is 0 Å². The molecule has 148 valence electrons. The summed E-state index contributed by atoms with van der Waals surface area (Å²) in [6.07, 6.45) is 3.73. The molecule has 3 fully saturated rings. The first-order valence-corrected chi connectivity index (χ1v) is 11.5. The van der Waals surface area contributed by atoms with Gasteiger partial charge in [0.1, 0.15) is 5.75 Å². The Hall–Kier alpha value is -1.60. The van der Waals surface area contributed by atoms with E-state index in [1.165, 1.54) is 6.42 Å². The summed E-state index contributed by atoms with van der Waals surface area (Å²) < 4.78 is 30.4. The van der Waals surface area contributed by atoms with Crippen molar-refractivity contribution in [3.8, 4) is 5.75 Å². The maximum atomic E-state index is 12.8. The minimum atomic E-state index is -3.12. The van der Waals surface area contributed by atoms with Gasteiger partial charge in [-0.1, -0.05) is 12.1 Å². The van der Waals surface area contributed by atoms with Gasteiger partial charge in [0.25, 0.3) is 0 Å². The fourth-order valence-corrected chi connectivity index (χ4v) is 6.74. The first-order valence-electron chi connectivity index (χ1n) is 9.83. The molecule has 0 unspecified atom stereocenters. The highest BCUT2D eigenvalue weighted by Gasteiger charge is 2.50. The van der Waals surface area contributed by atoms with E-state index >= 15 is 0 Å². The lowest BCUT2D eigenvalue weighted by Crippen LogP contribution is -2.50. The summed E-state index contributed by atoms with van der Waals surface area (Å²) >= 11 is 0. The molecule has 2 heterocycles.